The summed E-state index contributed by atoms with van der Waals surface area (Å²) in [6.45, 7) is 2.13. The first-order chi connectivity index (χ1) is 12.9. The van der Waals surface area contributed by atoms with Gasteiger partial charge in [0.25, 0.3) is 11.1 Å². The minimum atomic E-state index is -0.556. The van der Waals surface area contributed by atoms with Crippen molar-refractivity contribution >= 4 is 34.7 Å². The van der Waals surface area contributed by atoms with Crippen LogP contribution in [0.3, 0.4) is 0 Å². The highest BCUT2D eigenvalue weighted by molar-refractivity contribution is 8.18. The van der Waals surface area contributed by atoms with E-state index in [9.17, 15) is 19.7 Å². The summed E-state index contributed by atoms with van der Waals surface area (Å²) < 4.78 is 4.97. The highest BCUT2D eigenvalue weighted by atomic mass is 32.2. The zero-order chi connectivity index (χ0) is 19.6. The lowest BCUT2D eigenvalue weighted by molar-refractivity contribution is -0.385. The smallest absolute Gasteiger partial charge is 0.311 e. The molecule has 138 valence electrons. The first-order valence-corrected chi connectivity index (χ1v) is 8.84. The van der Waals surface area contributed by atoms with Gasteiger partial charge >= 0.3 is 5.69 Å². The Labute approximate surface area is 159 Å². The number of carbonyl (C=O) groups excluding carboxylic acids is 2. The lowest BCUT2D eigenvalue weighted by Crippen LogP contribution is -2.27. The number of nitro benzene ring substituents is 1. The number of hydrogen-bond acceptors (Lipinski definition) is 6. The van der Waals surface area contributed by atoms with Gasteiger partial charge in [-0.1, -0.05) is 35.9 Å². The molecule has 8 heteroatoms. The Morgan fingerprint density at radius 2 is 2.00 bits per heavy atom. The SMILES string of the molecule is COc1ccc(/C=C2/SC(=O)N(Cc3cccc(C)c3)C2=O)cc1[N+](=O)[O-]. The molecule has 0 aromatic heterocycles. The summed E-state index contributed by atoms with van der Waals surface area (Å²) in [6, 6.07) is 11.9. The van der Waals surface area contributed by atoms with Gasteiger partial charge in [-0.15, -0.1) is 0 Å². The first-order valence-electron chi connectivity index (χ1n) is 8.02. The molecule has 1 fully saturated rings. The molecule has 1 aliphatic heterocycles. The Kier molecular flexibility index (Phi) is 5.27. The fourth-order valence-corrected chi connectivity index (χ4v) is 3.56. The van der Waals surface area contributed by atoms with Crippen molar-refractivity contribution in [2.24, 2.45) is 0 Å². The first kappa shape index (κ1) is 18.7. The molecule has 0 aliphatic carbocycles. The second-order valence-corrected chi connectivity index (χ2v) is 6.94. The highest BCUT2D eigenvalue weighted by Crippen LogP contribution is 2.35. The van der Waals surface area contributed by atoms with Crippen LogP contribution < -0.4 is 4.74 Å². The molecule has 0 spiro atoms. The maximum absolute atomic E-state index is 12.6. The van der Waals surface area contributed by atoms with Gasteiger partial charge in [0, 0.05) is 6.07 Å². The van der Waals surface area contributed by atoms with E-state index in [1.54, 1.807) is 6.07 Å². The normalized spacial score (nSPS) is 15.5. The van der Waals surface area contributed by atoms with Gasteiger partial charge in [-0.25, -0.2) is 0 Å². The molecule has 1 saturated heterocycles. The van der Waals surface area contributed by atoms with Crippen molar-refractivity contribution in [3.63, 3.8) is 0 Å². The molecule has 1 heterocycles. The Morgan fingerprint density at radius 3 is 2.67 bits per heavy atom. The van der Waals surface area contributed by atoms with Crippen LogP contribution >= 0.6 is 11.8 Å². The number of nitrogens with zero attached hydrogens (tertiary/aromatic N) is 2. The van der Waals surface area contributed by atoms with Gasteiger partial charge in [-0.2, -0.15) is 0 Å². The van der Waals surface area contributed by atoms with Crippen molar-refractivity contribution in [3.8, 4) is 5.75 Å². The largest absolute Gasteiger partial charge is 0.490 e. The van der Waals surface area contributed by atoms with Crippen LogP contribution in [0.25, 0.3) is 6.08 Å². The third-order valence-electron chi connectivity index (χ3n) is 3.99. The van der Waals surface area contributed by atoms with Crippen molar-refractivity contribution in [3.05, 3.63) is 74.2 Å². The summed E-state index contributed by atoms with van der Waals surface area (Å²) in [5.41, 5.74) is 2.15. The summed E-state index contributed by atoms with van der Waals surface area (Å²) in [5, 5.41) is 10.8. The molecule has 2 aromatic carbocycles. The van der Waals surface area contributed by atoms with Gasteiger partial charge in [0.1, 0.15) is 0 Å². The third kappa shape index (κ3) is 4.01. The van der Waals surface area contributed by atoms with Gasteiger partial charge in [-0.05, 0) is 42.0 Å². The van der Waals surface area contributed by atoms with Crippen molar-refractivity contribution in [1.29, 1.82) is 0 Å². The molecular weight excluding hydrogens is 368 g/mol. The Morgan fingerprint density at radius 1 is 1.22 bits per heavy atom. The van der Waals surface area contributed by atoms with Gasteiger partial charge in [0.05, 0.1) is 23.5 Å². The molecule has 0 bridgehead atoms. The zero-order valence-corrected chi connectivity index (χ0v) is 15.5. The number of thioether (sulfide) groups is 1. The summed E-state index contributed by atoms with van der Waals surface area (Å²) in [5.74, 6) is -0.283. The summed E-state index contributed by atoms with van der Waals surface area (Å²) >= 11 is 0.822. The van der Waals surface area contributed by atoms with E-state index in [1.165, 1.54) is 30.2 Å². The third-order valence-corrected chi connectivity index (χ3v) is 4.90. The van der Waals surface area contributed by atoms with Crippen LogP contribution in [0.15, 0.2) is 47.4 Å². The highest BCUT2D eigenvalue weighted by Gasteiger charge is 2.35. The average Bonchev–Trinajstić information content (AvgIpc) is 2.89. The number of ether oxygens (including phenoxy) is 1. The monoisotopic (exact) mass is 384 g/mol. The van der Waals surface area contributed by atoms with Crippen LogP contribution in [-0.2, 0) is 11.3 Å². The number of benzene rings is 2. The van der Waals surface area contributed by atoms with Crippen molar-refractivity contribution < 1.29 is 19.2 Å². The average molecular weight is 384 g/mol. The Balaban J connectivity index is 1.86. The number of imide groups is 1. The molecule has 0 saturated carbocycles. The van der Waals surface area contributed by atoms with Crippen LogP contribution in [0, 0.1) is 17.0 Å². The van der Waals surface area contributed by atoms with E-state index in [-0.39, 0.29) is 28.1 Å². The molecule has 1 aliphatic rings. The van der Waals surface area contributed by atoms with Crippen molar-refractivity contribution in [2.75, 3.05) is 7.11 Å². The minimum absolute atomic E-state index is 0.129. The van der Waals surface area contributed by atoms with Crippen LogP contribution in [0.4, 0.5) is 10.5 Å². The maximum Gasteiger partial charge on any atom is 0.311 e. The summed E-state index contributed by atoms with van der Waals surface area (Å²) in [7, 11) is 1.35. The summed E-state index contributed by atoms with van der Waals surface area (Å²) in [6.07, 6.45) is 1.48. The van der Waals surface area contributed by atoms with E-state index in [1.807, 2.05) is 31.2 Å². The molecule has 3 rings (SSSR count). The number of carbonyl (C=O) groups is 2. The minimum Gasteiger partial charge on any atom is -0.490 e. The number of hydrogen-bond donors (Lipinski definition) is 0. The molecular formula is C19H16N2O5S. The van der Waals surface area contributed by atoms with Crippen molar-refractivity contribution in [1.82, 2.24) is 4.90 Å². The number of aryl methyl sites for hydroxylation is 1. The second kappa shape index (κ2) is 7.63. The van der Waals surface area contributed by atoms with Gasteiger partial charge in [0.2, 0.25) is 0 Å². The standard InChI is InChI=1S/C19H16N2O5S/c1-12-4-3-5-14(8-12)11-20-18(22)17(27-19(20)23)10-13-6-7-16(26-2)15(9-13)21(24)25/h3-10H,11H2,1-2H3/b17-10+. The summed E-state index contributed by atoms with van der Waals surface area (Å²) in [4.78, 5) is 36.8. The molecule has 0 N–H and O–H groups in total. The molecule has 2 amide bonds. The van der Waals surface area contributed by atoms with Crippen molar-refractivity contribution in [2.45, 2.75) is 13.5 Å². The zero-order valence-electron chi connectivity index (χ0n) is 14.7. The fourth-order valence-electron chi connectivity index (χ4n) is 2.72. The number of amides is 2. The van der Waals surface area contributed by atoms with E-state index < -0.39 is 10.8 Å². The molecule has 2 aromatic rings. The predicted octanol–water partition coefficient (Wildman–Crippen LogP) is 4.15. The van der Waals surface area contributed by atoms with Crippen LogP contribution in [0.5, 0.6) is 5.75 Å². The van der Waals surface area contributed by atoms with E-state index in [0.717, 1.165) is 22.9 Å². The lowest BCUT2D eigenvalue weighted by Gasteiger charge is -2.12. The fraction of sp³-hybridized carbons (Fsp3) is 0.158. The van der Waals surface area contributed by atoms with E-state index in [0.29, 0.717) is 5.56 Å². The Hall–Kier alpha value is -3.13. The van der Waals surface area contributed by atoms with Crippen LogP contribution in [0.1, 0.15) is 16.7 Å². The van der Waals surface area contributed by atoms with Crippen LogP contribution in [0.2, 0.25) is 0 Å². The van der Waals surface area contributed by atoms with E-state index in [4.69, 9.17) is 4.74 Å². The number of nitro groups is 1. The molecule has 0 unspecified atom stereocenters. The van der Waals surface area contributed by atoms with E-state index >= 15 is 0 Å². The predicted molar refractivity (Wildman–Crippen MR) is 102 cm³/mol. The lowest BCUT2D eigenvalue weighted by atomic mass is 10.1. The quantitative estimate of drug-likeness (QED) is 0.437. The molecule has 0 radical (unpaired) electrons. The van der Waals surface area contributed by atoms with Gasteiger partial charge < -0.3 is 4.74 Å². The number of methoxy groups -OCH3 is 1. The Bertz CT molecular complexity index is 970. The second-order valence-electron chi connectivity index (χ2n) is 5.95. The number of rotatable bonds is 5. The maximum atomic E-state index is 12.6. The topological polar surface area (TPSA) is 89.8 Å². The molecule has 27 heavy (non-hydrogen) atoms. The van der Waals surface area contributed by atoms with E-state index in [2.05, 4.69) is 0 Å². The van der Waals surface area contributed by atoms with Gasteiger partial charge in [-0.3, -0.25) is 24.6 Å². The van der Waals surface area contributed by atoms with Gasteiger partial charge in [0.15, 0.2) is 5.75 Å². The molecule has 7 nitrogen and oxygen atoms in total. The molecule has 0 atom stereocenters. The van der Waals surface area contributed by atoms with Crippen LogP contribution in [-0.4, -0.2) is 28.1 Å².